The van der Waals surface area contributed by atoms with Crippen LogP contribution < -0.4 is 0 Å². The molecule has 2 aliphatic rings. The largest absolute Gasteiger partial charge is 0.487 e. The first-order chi connectivity index (χ1) is 7.91. The highest BCUT2D eigenvalue weighted by molar-refractivity contribution is 6.51. The van der Waals surface area contributed by atoms with Gasteiger partial charge >= 0.3 is 7.12 Å². The van der Waals surface area contributed by atoms with Crippen molar-refractivity contribution in [2.24, 2.45) is 0 Å². The molecule has 96 valence electrons. The van der Waals surface area contributed by atoms with E-state index in [2.05, 4.69) is 33.7 Å². The van der Waals surface area contributed by atoms with Crippen LogP contribution in [0, 0.1) is 0 Å². The van der Waals surface area contributed by atoms with Crippen molar-refractivity contribution in [3.63, 3.8) is 0 Å². The Bertz CT molecular complexity index is 284. The first-order valence-electron chi connectivity index (χ1n) is 6.54. The standard InChI is InChI=1S/C13H23BO3/c1-12(2)13(3,4)17-14(16-12)10-11-6-5-8-15-9-7-11/h10H,5-9H2,1-4H3/b11-10+. The van der Waals surface area contributed by atoms with E-state index < -0.39 is 0 Å². The molecule has 3 nitrogen and oxygen atoms in total. The highest BCUT2D eigenvalue weighted by Gasteiger charge is 2.50. The van der Waals surface area contributed by atoms with Crippen molar-refractivity contribution < 1.29 is 14.0 Å². The predicted molar refractivity (Wildman–Crippen MR) is 68.8 cm³/mol. The molecule has 2 fully saturated rings. The summed E-state index contributed by atoms with van der Waals surface area (Å²) in [6.07, 6.45) is 3.21. The Morgan fingerprint density at radius 2 is 1.65 bits per heavy atom. The van der Waals surface area contributed by atoms with Gasteiger partial charge in [-0.3, -0.25) is 0 Å². The van der Waals surface area contributed by atoms with E-state index in [1.165, 1.54) is 5.57 Å². The van der Waals surface area contributed by atoms with Gasteiger partial charge in [0.25, 0.3) is 0 Å². The third-order valence-corrected chi connectivity index (χ3v) is 4.00. The third kappa shape index (κ3) is 2.93. The fourth-order valence-corrected chi connectivity index (χ4v) is 2.15. The Kier molecular flexibility index (Phi) is 3.67. The Labute approximate surface area is 105 Å². The van der Waals surface area contributed by atoms with Crippen molar-refractivity contribution in [3.05, 3.63) is 11.5 Å². The Morgan fingerprint density at radius 1 is 1.00 bits per heavy atom. The van der Waals surface area contributed by atoms with Gasteiger partial charge in [0.15, 0.2) is 0 Å². The summed E-state index contributed by atoms with van der Waals surface area (Å²) in [6, 6.07) is 0. The van der Waals surface area contributed by atoms with E-state index in [0.717, 1.165) is 32.5 Å². The van der Waals surface area contributed by atoms with Crippen molar-refractivity contribution in [2.75, 3.05) is 13.2 Å². The van der Waals surface area contributed by atoms with E-state index in [0.29, 0.717) is 0 Å². The molecule has 0 radical (unpaired) electrons. The fraction of sp³-hybridized carbons (Fsp3) is 0.846. The van der Waals surface area contributed by atoms with Crippen LogP contribution in [0.3, 0.4) is 0 Å². The minimum Gasteiger partial charge on any atom is -0.400 e. The van der Waals surface area contributed by atoms with Gasteiger partial charge in [0.05, 0.1) is 17.8 Å². The summed E-state index contributed by atoms with van der Waals surface area (Å²) in [7, 11) is -0.201. The fourth-order valence-electron chi connectivity index (χ4n) is 2.15. The Balaban J connectivity index is 2.03. The van der Waals surface area contributed by atoms with E-state index >= 15 is 0 Å². The van der Waals surface area contributed by atoms with Gasteiger partial charge < -0.3 is 14.0 Å². The zero-order valence-corrected chi connectivity index (χ0v) is 11.4. The second kappa shape index (κ2) is 4.75. The van der Waals surface area contributed by atoms with Gasteiger partial charge in [0.2, 0.25) is 0 Å². The molecule has 4 heteroatoms. The second-order valence-electron chi connectivity index (χ2n) is 5.92. The normalized spacial score (nSPS) is 30.6. The second-order valence-corrected chi connectivity index (χ2v) is 5.92. The minimum absolute atomic E-state index is 0.201. The third-order valence-electron chi connectivity index (χ3n) is 4.00. The van der Waals surface area contributed by atoms with E-state index in [9.17, 15) is 0 Å². The van der Waals surface area contributed by atoms with Gasteiger partial charge in [-0.2, -0.15) is 0 Å². The molecule has 2 heterocycles. The molecule has 0 amide bonds. The lowest BCUT2D eigenvalue weighted by Gasteiger charge is -2.32. The summed E-state index contributed by atoms with van der Waals surface area (Å²) in [6.45, 7) is 10.0. The molecule has 0 unspecified atom stereocenters. The molecule has 2 saturated heterocycles. The molecule has 0 bridgehead atoms. The summed E-state index contributed by atoms with van der Waals surface area (Å²) in [4.78, 5) is 0. The van der Waals surface area contributed by atoms with Crippen LogP contribution in [0.5, 0.6) is 0 Å². The Hall–Kier alpha value is -0.315. The molecule has 17 heavy (non-hydrogen) atoms. The molecule has 0 aromatic heterocycles. The first-order valence-corrected chi connectivity index (χ1v) is 6.54. The summed E-state index contributed by atoms with van der Waals surface area (Å²) >= 11 is 0. The zero-order valence-electron chi connectivity index (χ0n) is 11.4. The van der Waals surface area contributed by atoms with Crippen molar-refractivity contribution in [2.45, 2.75) is 58.2 Å². The van der Waals surface area contributed by atoms with Crippen molar-refractivity contribution >= 4 is 7.12 Å². The average Bonchev–Trinajstić information content (AvgIpc) is 2.42. The highest BCUT2D eigenvalue weighted by Crippen LogP contribution is 2.37. The molecule has 2 aliphatic heterocycles. The van der Waals surface area contributed by atoms with Crippen LogP contribution in [-0.4, -0.2) is 31.5 Å². The van der Waals surface area contributed by atoms with Crippen LogP contribution in [0.2, 0.25) is 0 Å². The maximum absolute atomic E-state index is 5.97. The van der Waals surface area contributed by atoms with Crippen LogP contribution in [0.4, 0.5) is 0 Å². The number of hydrogen-bond donors (Lipinski definition) is 0. The number of ether oxygens (including phenoxy) is 1. The summed E-state index contributed by atoms with van der Waals surface area (Å²) < 4.78 is 17.4. The van der Waals surface area contributed by atoms with E-state index in [1.54, 1.807) is 0 Å². The van der Waals surface area contributed by atoms with Crippen molar-refractivity contribution in [3.8, 4) is 0 Å². The van der Waals surface area contributed by atoms with Crippen molar-refractivity contribution in [1.82, 2.24) is 0 Å². The van der Waals surface area contributed by atoms with E-state index in [4.69, 9.17) is 14.0 Å². The number of rotatable bonds is 1. The average molecular weight is 238 g/mol. The van der Waals surface area contributed by atoms with Gasteiger partial charge in [-0.25, -0.2) is 0 Å². The minimum atomic E-state index is -0.240. The lowest BCUT2D eigenvalue weighted by molar-refractivity contribution is 0.00578. The molecular weight excluding hydrogens is 215 g/mol. The molecule has 0 aliphatic carbocycles. The first kappa shape index (κ1) is 13.1. The smallest absolute Gasteiger partial charge is 0.400 e. The van der Waals surface area contributed by atoms with Gasteiger partial charge in [-0.1, -0.05) is 11.5 Å². The monoisotopic (exact) mass is 238 g/mol. The van der Waals surface area contributed by atoms with Crippen LogP contribution in [0.25, 0.3) is 0 Å². The van der Waals surface area contributed by atoms with Crippen molar-refractivity contribution in [1.29, 1.82) is 0 Å². The zero-order chi connectivity index (χ0) is 12.5. The lowest BCUT2D eigenvalue weighted by atomic mass is 9.85. The quantitative estimate of drug-likeness (QED) is 0.657. The van der Waals surface area contributed by atoms with Crippen LogP contribution in [0.1, 0.15) is 47.0 Å². The molecule has 0 aromatic carbocycles. The summed E-state index contributed by atoms with van der Waals surface area (Å²) in [5, 5.41) is 0. The Morgan fingerprint density at radius 3 is 2.29 bits per heavy atom. The SMILES string of the molecule is CC1(C)OB(/C=C2\CCCOCC2)OC1(C)C. The number of hydrogen-bond acceptors (Lipinski definition) is 3. The van der Waals surface area contributed by atoms with Gasteiger partial charge in [-0.15, -0.1) is 0 Å². The molecule has 0 aromatic rings. The summed E-state index contributed by atoms with van der Waals surface area (Å²) in [5.74, 6) is 2.14. The van der Waals surface area contributed by atoms with Gasteiger partial charge in [-0.05, 0) is 47.0 Å². The maximum Gasteiger partial charge on any atom is 0.487 e. The molecule has 0 N–H and O–H groups in total. The molecule has 0 atom stereocenters. The maximum atomic E-state index is 5.97. The lowest BCUT2D eigenvalue weighted by Crippen LogP contribution is -2.41. The van der Waals surface area contributed by atoms with Crippen LogP contribution in [-0.2, 0) is 14.0 Å². The molecular formula is C13H23BO3. The molecule has 0 spiro atoms. The molecule has 0 saturated carbocycles. The highest BCUT2D eigenvalue weighted by atomic mass is 16.7. The van der Waals surface area contributed by atoms with Crippen LogP contribution >= 0.6 is 0 Å². The molecule has 2 rings (SSSR count). The summed E-state index contributed by atoms with van der Waals surface area (Å²) in [5.41, 5.74) is 0.923. The predicted octanol–water partition coefficient (Wildman–Crippen LogP) is 2.74. The van der Waals surface area contributed by atoms with E-state index in [1.807, 2.05) is 0 Å². The van der Waals surface area contributed by atoms with Crippen LogP contribution in [0.15, 0.2) is 11.5 Å². The topological polar surface area (TPSA) is 27.7 Å². The van der Waals surface area contributed by atoms with E-state index in [-0.39, 0.29) is 18.3 Å². The van der Waals surface area contributed by atoms with Gasteiger partial charge in [0.1, 0.15) is 0 Å². The van der Waals surface area contributed by atoms with Gasteiger partial charge in [0, 0.05) is 6.61 Å².